The number of rotatable bonds is 2. The van der Waals surface area contributed by atoms with Crippen LogP contribution in [0.1, 0.15) is 43.9 Å². The molecule has 0 saturated carbocycles. The van der Waals surface area contributed by atoms with Gasteiger partial charge in [-0.25, -0.2) is 0 Å². The van der Waals surface area contributed by atoms with Gasteiger partial charge < -0.3 is 0 Å². The molecule has 0 bridgehead atoms. The summed E-state index contributed by atoms with van der Waals surface area (Å²) in [6.45, 7) is 11.2. The summed E-state index contributed by atoms with van der Waals surface area (Å²) in [7, 11) is 0. The smallest absolute Gasteiger partial charge is 0.00610 e. The van der Waals surface area contributed by atoms with Crippen LogP contribution in [0.4, 0.5) is 0 Å². The molecule has 0 radical (unpaired) electrons. The van der Waals surface area contributed by atoms with Crippen LogP contribution < -0.4 is 0 Å². The molecule has 1 aromatic rings. The van der Waals surface area contributed by atoms with Crippen molar-refractivity contribution in [2.75, 3.05) is 0 Å². The molecule has 2 rings (SSSR count). The zero-order valence-electron chi connectivity index (χ0n) is 12.3. The topological polar surface area (TPSA) is 0 Å². The van der Waals surface area contributed by atoms with E-state index in [2.05, 4.69) is 58.9 Å². The number of aryl methyl sites for hydroxylation is 2. The van der Waals surface area contributed by atoms with Crippen molar-refractivity contribution >= 4 is 0 Å². The quantitative estimate of drug-likeness (QED) is 0.670. The minimum absolute atomic E-state index is 0.690. The first-order valence-electron chi connectivity index (χ1n) is 6.90. The Bertz CT molecular complexity index is 515. The maximum absolute atomic E-state index is 2.40. The van der Waals surface area contributed by atoms with Crippen molar-refractivity contribution in [3.05, 3.63) is 57.7 Å². The molecule has 0 nitrogen and oxygen atoms in total. The van der Waals surface area contributed by atoms with Crippen LogP contribution in [0.2, 0.25) is 0 Å². The van der Waals surface area contributed by atoms with Crippen LogP contribution in [0, 0.1) is 19.8 Å². The summed E-state index contributed by atoms with van der Waals surface area (Å²) >= 11 is 0. The van der Waals surface area contributed by atoms with Gasteiger partial charge in [0.25, 0.3) is 0 Å². The largest absolute Gasteiger partial charge is 0.0698 e. The summed E-state index contributed by atoms with van der Waals surface area (Å²) in [5, 5.41) is 0. The number of allylic oxidation sites excluding steroid dienone is 4. The van der Waals surface area contributed by atoms with Crippen LogP contribution >= 0.6 is 0 Å². The van der Waals surface area contributed by atoms with Gasteiger partial charge in [-0.1, -0.05) is 47.9 Å². The van der Waals surface area contributed by atoms with Crippen LogP contribution in [0.15, 0.2) is 41.0 Å². The molecule has 1 aliphatic carbocycles. The summed E-state index contributed by atoms with van der Waals surface area (Å²) in [6, 6.07) is 6.85. The highest BCUT2D eigenvalue weighted by Crippen LogP contribution is 2.30. The number of benzene rings is 1. The summed E-state index contributed by atoms with van der Waals surface area (Å²) in [4.78, 5) is 0. The Morgan fingerprint density at radius 2 is 1.78 bits per heavy atom. The van der Waals surface area contributed by atoms with Gasteiger partial charge in [-0.05, 0) is 63.1 Å². The van der Waals surface area contributed by atoms with Crippen LogP contribution in [0.3, 0.4) is 0 Å². The third-order valence-electron chi connectivity index (χ3n) is 4.30. The fourth-order valence-electron chi connectivity index (χ4n) is 2.67. The molecule has 0 fully saturated rings. The van der Waals surface area contributed by atoms with Crippen LogP contribution in [-0.4, -0.2) is 0 Å². The molecule has 1 atom stereocenters. The highest BCUT2D eigenvalue weighted by Gasteiger charge is 2.16. The van der Waals surface area contributed by atoms with Crippen LogP contribution in [0.25, 0.3) is 0 Å². The lowest BCUT2D eigenvalue weighted by molar-refractivity contribution is 0.637. The second kappa shape index (κ2) is 5.14. The van der Waals surface area contributed by atoms with Gasteiger partial charge in [-0.2, -0.15) is 0 Å². The molecule has 0 aliphatic heterocycles. The Morgan fingerprint density at radius 3 is 2.44 bits per heavy atom. The van der Waals surface area contributed by atoms with Crippen molar-refractivity contribution in [2.45, 2.75) is 47.5 Å². The van der Waals surface area contributed by atoms with E-state index in [-0.39, 0.29) is 0 Å². The molecule has 0 amide bonds. The third-order valence-corrected chi connectivity index (χ3v) is 4.30. The van der Waals surface area contributed by atoms with E-state index >= 15 is 0 Å². The molecular weight excluding hydrogens is 216 g/mol. The van der Waals surface area contributed by atoms with E-state index in [1.807, 2.05) is 0 Å². The highest BCUT2D eigenvalue weighted by atomic mass is 14.2. The van der Waals surface area contributed by atoms with Crippen molar-refractivity contribution in [1.29, 1.82) is 0 Å². The standard InChI is InChI=1S/C18H24/c1-12-6-7-17(9-14(12)3)11-18-10-15(4)13(2)8-16(18)5/h6-7,9-10,16H,8,11H2,1-5H3. The molecule has 0 aromatic heterocycles. The van der Waals surface area contributed by atoms with Crippen molar-refractivity contribution in [1.82, 2.24) is 0 Å². The Morgan fingerprint density at radius 1 is 1.06 bits per heavy atom. The molecule has 1 unspecified atom stereocenters. The molecule has 18 heavy (non-hydrogen) atoms. The maximum atomic E-state index is 2.40. The van der Waals surface area contributed by atoms with Gasteiger partial charge in [-0.3, -0.25) is 0 Å². The molecule has 0 N–H and O–H groups in total. The number of hydrogen-bond acceptors (Lipinski definition) is 0. The van der Waals surface area contributed by atoms with Gasteiger partial charge in [0.2, 0.25) is 0 Å². The van der Waals surface area contributed by atoms with E-state index in [4.69, 9.17) is 0 Å². The summed E-state index contributed by atoms with van der Waals surface area (Å²) in [5.74, 6) is 0.690. The van der Waals surface area contributed by atoms with Gasteiger partial charge in [-0.15, -0.1) is 0 Å². The van der Waals surface area contributed by atoms with Gasteiger partial charge >= 0.3 is 0 Å². The monoisotopic (exact) mass is 240 g/mol. The van der Waals surface area contributed by atoms with E-state index in [0.29, 0.717) is 5.92 Å². The third kappa shape index (κ3) is 2.75. The Hall–Kier alpha value is -1.30. The summed E-state index contributed by atoms with van der Waals surface area (Å²) < 4.78 is 0. The minimum atomic E-state index is 0.690. The lowest BCUT2D eigenvalue weighted by atomic mass is 9.82. The first-order valence-corrected chi connectivity index (χ1v) is 6.90. The molecule has 1 aromatic carbocycles. The second-order valence-corrected chi connectivity index (χ2v) is 5.88. The summed E-state index contributed by atoms with van der Waals surface area (Å²) in [5.41, 5.74) is 8.83. The Balaban J connectivity index is 2.23. The lowest BCUT2D eigenvalue weighted by Crippen LogP contribution is -2.09. The minimum Gasteiger partial charge on any atom is -0.0698 e. The molecule has 96 valence electrons. The van der Waals surface area contributed by atoms with Crippen molar-refractivity contribution in [2.24, 2.45) is 5.92 Å². The van der Waals surface area contributed by atoms with Gasteiger partial charge in [0, 0.05) is 0 Å². The number of hydrogen-bond donors (Lipinski definition) is 0. The van der Waals surface area contributed by atoms with Crippen LogP contribution in [0.5, 0.6) is 0 Å². The average molecular weight is 240 g/mol. The first kappa shape index (κ1) is 13.1. The SMILES string of the molecule is CC1=C(C)CC(C)C(Cc2ccc(C)c(C)c2)=C1. The molecule has 0 saturated heterocycles. The van der Waals surface area contributed by atoms with E-state index < -0.39 is 0 Å². The van der Waals surface area contributed by atoms with Crippen molar-refractivity contribution in [3.8, 4) is 0 Å². The molecule has 1 aliphatic rings. The fourth-order valence-corrected chi connectivity index (χ4v) is 2.67. The zero-order valence-corrected chi connectivity index (χ0v) is 12.3. The Labute approximate surface area is 111 Å². The molecule has 0 heteroatoms. The normalized spacial score (nSPS) is 20.1. The molecule has 0 spiro atoms. The molecule has 0 heterocycles. The summed E-state index contributed by atoms with van der Waals surface area (Å²) in [6.07, 6.45) is 4.73. The van der Waals surface area contributed by atoms with E-state index in [0.717, 1.165) is 6.42 Å². The van der Waals surface area contributed by atoms with E-state index in [1.165, 1.54) is 28.7 Å². The van der Waals surface area contributed by atoms with Crippen LogP contribution in [-0.2, 0) is 6.42 Å². The first-order chi connectivity index (χ1) is 8.47. The van der Waals surface area contributed by atoms with Gasteiger partial charge in [0.15, 0.2) is 0 Å². The van der Waals surface area contributed by atoms with E-state index in [1.54, 1.807) is 11.1 Å². The fraction of sp³-hybridized carbons (Fsp3) is 0.444. The second-order valence-electron chi connectivity index (χ2n) is 5.88. The lowest BCUT2D eigenvalue weighted by Gasteiger charge is -2.23. The van der Waals surface area contributed by atoms with Crippen molar-refractivity contribution in [3.63, 3.8) is 0 Å². The predicted octanol–water partition coefficient (Wildman–Crippen LogP) is 5.15. The Kier molecular flexibility index (Phi) is 3.75. The van der Waals surface area contributed by atoms with E-state index in [9.17, 15) is 0 Å². The van der Waals surface area contributed by atoms with Gasteiger partial charge in [0.1, 0.15) is 0 Å². The zero-order chi connectivity index (χ0) is 13.3. The van der Waals surface area contributed by atoms with Gasteiger partial charge in [0.05, 0.1) is 0 Å². The predicted molar refractivity (Wildman–Crippen MR) is 79.9 cm³/mol. The average Bonchev–Trinajstić information content (AvgIpc) is 2.31. The molecular formula is C18H24. The highest BCUT2D eigenvalue weighted by molar-refractivity contribution is 5.37. The van der Waals surface area contributed by atoms with Crippen molar-refractivity contribution < 1.29 is 0 Å². The maximum Gasteiger partial charge on any atom is -0.00610 e.